The van der Waals surface area contributed by atoms with Gasteiger partial charge in [0.05, 0.1) is 29.0 Å². The first-order valence-electron chi connectivity index (χ1n) is 7.91. The fraction of sp³-hybridized carbons (Fsp3) is 0.444. The van der Waals surface area contributed by atoms with Gasteiger partial charge in [-0.1, -0.05) is 38.0 Å². The fourth-order valence-corrected chi connectivity index (χ4v) is 2.55. The zero-order valence-corrected chi connectivity index (χ0v) is 12.9. The molecule has 112 valence electrons. The van der Waals surface area contributed by atoms with Gasteiger partial charge in [-0.15, -0.1) is 6.58 Å². The van der Waals surface area contributed by atoms with Gasteiger partial charge >= 0.3 is 0 Å². The van der Waals surface area contributed by atoms with Crippen LogP contribution in [0, 0.1) is 0 Å². The zero-order valence-electron chi connectivity index (χ0n) is 12.9. The molecule has 0 amide bonds. The van der Waals surface area contributed by atoms with Crippen LogP contribution in [0.3, 0.4) is 0 Å². The van der Waals surface area contributed by atoms with Crippen molar-refractivity contribution in [3.63, 3.8) is 0 Å². The lowest BCUT2D eigenvalue weighted by atomic mass is 10.0. The number of nitrogens with one attached hydrogen (secondary N) is 1. The Morgan fingerprint density at radius 1 is 1.19 bits per heavy atom. The summed E-state index contributed by atoms with van der Waals surface area (Å²) in [6, 6.07) is 8.34. The molecular formula is C18H25N3. The Labute approximate surface area is 127 Å². The Hall–Kier alpha value is -1.74. The maximum absolute atomic E-state index is 4.77. The van der Waals surface area contributed by atoms with Crippen LogP contribution in [0.15, 0.2) is 43.1 Å². The Balaban J connectivity index is 2.02. The minimum Gasteiger partial charge on any atom is -0.309 e. The number of benzene rings is 1. The smallest absolute Gasteiger partial charge is 0.0890 e. The highest BCUT2D eigenvalue weighted by Gasteiger charge is 2.12. The lowest BCUT2D eigenvalue weighted by Gasteiger charge is -2.17. The molecule has 0 fully saturated rings. The average molecular weight is 283 g/mol. The van der Waals surface area contributed by atoms with Crippen LogP contribution in [0.1, 0.15) is 50.8 Å². The second kappa shape index (κ2) is 8.53. The second-order valence-electron chi connectivity index (χ2n) is 5.32. The molecule has 0 aliphatic carbocycles. The second-order valence-corrected chi connectivity index (χ2v) is 5.32. The Kier molecular flexibility index (Phi) is 6.35. The number of hydrogen-bond acceptors (Lipinski definition) is 3. The van der Waals surface area contributed by atoms with E-state index in [4.69, 9.17) is 4.98 Å². The first-order valence-corrected chi connectivity index (χ1v) is 7.91. The Bertz CT molecular complexity index is 565. The largest absolute Gasteiger partial charge is 0.309 e. The first kappa shape index (κ1) is 15.6. The van der Waals surface area contributed by atoms with E-state index in [2.05, 4.69) is 23.8 Å². The van der Waals surface area contributed by atoms with Gasteiger partial charge in [-0.25, -0.2) is 4.98 Å². The number of fused-ring (bicyclic) bond motifs is 1. The van der Waals surface area contributed by atoms with Gasteiger partial charge < -0.3 is 5.32 Å². The van der Waals surface area contributed by atoms with Gasteiger partial charge in [-0.2, -0.15) is 0 Å². The highest BCUT2D eigenvalue weighted by Crippen LogP contribution is 2.20. The van der Waals surface area contributed by atoms with Crippen LogP contribution in [-0.4, -0.2) is 16.5 Å². The first-order chi connectivity index (χ1) is 10.3. The molecule has 21 heavy (non-hydrogen) atoms. The van der Waals surface area contributed by atoms with E-state index in [0.29, 0.717) is 6.04 Å². The van der Waals surface area contributed by atoms with Crippen molar-refractivity contribution in [2.24, 2.45) is 0 Å². The topological polar surface area (TPSA) is 37.8 Å². The van der Waals surface area contributed by atoms with Crippen molar-refractivity contribution < 1.29 is 0 Å². The molecule has 1 N–H and O–H groups in total. The van der Waals surface area contributed by atoms with Crippen LogP contribution in [0.2, 0.25) is 0 Å². The van der Waals surface area contributed by atoms with Crippen LogP contribution in [0.25, 0.3) is 11.0 Å². The standard InChI is InChI=1S/C18H25N3/c1-3-5-6-7-8-11-16(19-4-2)18-14-20-15-12-9-10-13-17(15)21-18/h3,9-10,12-14,16,19H,1,4-8,11H2,2H3. The van der Waals surface area contributed by atoms with E-state index in [0.717, 1.165) is 36.1 Å². The third-order valence-electron chi connectivity index (χ3n) is 3.68. The maximum atomic E-state index is 4.77. The molecular weight excluding hydrogens is 258 g/mol. The quantitative estimate of drug-likeness (QED) is 0.547. The van der Waals surface area contributed by atoms with Gasteiger partial charge in [0.2, 0.25) is 0 Å². The van der Waals surface area contributed by atoms with Crippen LogP contribution in [-0.2, 0) is 0 Å². The molecule has 0 saturated heterocycles. The summed E-state index contributed by atoms with van der Waals surface area (Å²) in [6.07, 6.45) is 9.82. The predicted octanol–water partition coefficient (Wildman–Crippen LogP) is 4.42. The molecule has 3 heteroatoms. The average Bonchev–Trinajstić information content (AvgIpc) is 2.53. The number of hydrogen-bond donors (Lipinski definition) is 1. The van der Waals surface area contributed by atoms with Crippen LogP contribution in [0.4, 0.5) is 0 Å². The lowest BCUT2D eigenvalue weighted by Crippen LogP contribution is -2.22. The van der Waals surface area contributed by atoms with Crippen LogP contribution < -0.4 is 5.32 Å². The zero-order chi connectivity index (χ0) is 14.9. The van der Waals surface area contributed by atoms with Crippen molar-refractivity contribution in [2.45, 2.75) is 45.1 Å². The van der Waals surface area contributed by atoms with Crippen molar-refractivity contribution >= 4 is 11.0 Å². The molecule has 0 saturated carbocycles. The lowest BCUT2D eigenvalue weighted by molar-refractivity contribution is 0.474. The summed E-state index contributed by atoms with van der Waals surface area (Å²) < 4.78 is 0. The summed E-state index contributed by atoms with van der Waals surface area (Å²) in [5.74, 6) is 0. The normalized spacial score (nSPS) is 12.4. The van der Waals surface area contributed by atoms with Crippen molar-refractivity contribution in [1.29, 1.82) is 0 Å². The van der Waals surface area contributed by atoms with E-state index in [9.17, 15) is 0 Å². The molecule has 1 unspecified atom stereocenters. The number of nitrogens with zero attached hydrogens (tertiary/aromatic N) is 2. The molecule has 2 rings (SSSR count). The molecule has 3 nitrogen and oxygen atoms in total. The minimum atomic E-state index is 0.302. The summed E-state index contributed by atoms with van der Waals surface area (Å²) in [4.78, 5) is 9.29. The van der Waals surface area contributed by atoms with Gasteiger partial charge in [-0.05, 0) is 37.9 Å². The highest BCUT2D eigenvalue weighted by molar-refractivity contribution is 5.73. The number of para-hydroxylation sites is 2. The van der Waals surface area contributed by atoms with E-state index in [1.807, 2.05) is 36.5 Å². The summed E-state index contributed by atoms with van der Waals surface area (Å²) in [5.41, 5.74) is 2.99. The molecule has 2 aromatic rings. The molecule has 1 aromatic carbocycles. The van der Waals surface area contributed by atoms with Crippen molar-refractivity contribution in [1.82, 2.24) is 15.3 Å². The van der Waals surface area contributed by atoms with E-state index < -0.39 is 0 Å². The summed E-state index contributed by atoms with van der Waals surface area (Å²) in [5, 5.41) is 3.53. The summed E-state index contributed by atoms with van der Waals surface area (Å²) in [6.45, 7) is 6.86. The van der Waals surface area contributed by atoms with Gasteiger partial charge in [0.1, 0.15) is 0 Å². The van der Waals surface area contributed by atoms with Crippen LogP contribution in [0.5, 0.6) is 0 Å². The Morgan fingerprint density at radius 2 is 2.00 bits per heavy atom. The number of unbranched alkanes of at least 4 members (excludes halogenated alkanes) is 3. The molecule has 0 bridgehead atoms. The van der Waals surface area contributed by atoms with E-state index in [1.54, 1.807) is 0 Å². The highest BCUT2D eigenvalue weighted by atomic mass is 14.9. The molecule has 1 atom stereocenters. The maximum Gasteiger partial charge on any atom is 0.0890 e. The van der Waals surface area contributed by atoms with E-state index in [1.165, 1.54) is 19.3 Å². The van der Waals surface area contributed by atoms with Gasteiger partial charge in [0.25, 0.3) is 0 Å². The number of aromatic nitrogens is 2. The number of allylic oxidation sites excluding steroid dienone is 1. The predicted molar refractivity (Wildman–Crippen MR) is 89.2 cm³/mol. The fourth-order valence-electron chi connectivity index (χ4n) is 2.55. The summed E-state index contributed by atoms with van der Waals surface area (Å²) >= 11 is 0. The molecule has 0 radical (unpaired) electrons. The molecule has 1 heterocycles. The van der Waals surface area contributed by atoms with Gasteiger partial charge in [0.15, 0.2) is 0 Å². The van der Waals surface area contributed by atoms with Crippen molar-refractivity contribution in [3.8, 4) is 0 Å². The summed E-state index contributed by atoms with van der Waals surface area (Å²) in [7, 11) is 0. The van der Waals surface area contributed by atoms with Crippen molar-refractivity contribution in [3.05, 3.63) is 48.8 Å². The third-order valence-corrected chi connectivity index (χ3v) is 3.68. The van der Waals surface area contributed by atoms with E-state index >= 15 is 0 Å². The van der Waals surface area contributed by atoms with Gasteiger partial charge in [0, 0.05) is 0 Å². The van der Waals surface area contributed by atoms with Gasteiger partial charge in [-0.3, -0.25) is 4.98 Å². The molecule has 0 spiro atoms. The van der Waals surface area contributed by atoms with Crippen molar-refractivity contribution in [2.75, 3.05) is 6.54 Å². The SMILES string of the molecule is C=CCCCCCC(NCC)c1cnc2ccccc2n1. The van der Waals surface area contributed by atoms with E-state index in [-0.39, 0.29) is 0 Å². The third kappa shape index (κ3) is 4.64. The number of rotatable bonds is 9. The monoisotopic (exact) mass is 283 g/mol. The Morgan fingerprint density at radius 3 is 2.76 bits per heavy atom. The minimum absolute atomic E-state index is 0.302. The molecule has 1 aromatic heterocycles. The molecule has 0 aliphatic rings. The van der Waals surface area contributed by atoms with Crippen LogP contribution >= 0.6 is 0 Å². The molecule has 0 aliphatic heterocycles.